The van der Waals surface area contributed by atoms with Crippen LogP contribution in [0.3, 0.4) is 0 Å². The van der Waals surface area contributed by atoms with Gasteiger partial charge in [0.1, 0.15) is 17.5 Å². The van der Waals surface area contributed by atoms with Crippen LogP contribution in [-0.4, -0.2) is 64.8 Å². The number of halogens is 3. The van der Waals surface area contributed by atoms with Crippen molar-refractivity contribution in [1.29, 1.82) is 0 Å². The van der Waals surface area contributed by atoms with E-state index in [0.29, 0.717) is 36.6 Å². The minimum atomic E-state index is -4.47. The number of rotatable bonds is 7. The molecule has 1 aromatic carbocycles. The molecule has 8 nitrogen and oxygen atoms in total. The van der Waals surface area contributed by atoms with Crippen molar-refractivity contribution in [2.24, 2.45) is 0 Å². The number of piperidine rings is 2. The van der Waals surface area contributed by atoms with Crippen LogP contribution in [0.15, 0.2) is 30.3 Å². The van der Waals surface area contributed by atoms with Gasteiger partial charge in [-0.25, -0.2) is 4.98 Å². The van der Waals surface area contributed by atoms with Crippen molar-refractivity contribution in [3.63, 3.8) is 0 Å². The molecule has 2 aromatic rings. The van der Waals surface area contributed by atoms with E-state index >= 15 is 0 Å². The Morgan fingerprint density at radius 3 is 2.61 bits per heavy atom. The smallest absolute Gasteiger partial charge is 0.433 e. The van der Waals surface area contributed by atoms with E-state index in [1.165, 1.54) is 6.07 Å². The summed E-state index contributed by atoms with van der Waals surface area (Å²) in [5, 5.41) is 2.34. The van der Waals surface area contributed by atoms with Crippen LogP contribution in [0.1, 0.15) is 77.8 Å². The second-order valence-electron chi connectivity index (χ2n) is 11.6. The Labute approximate surface area is 236 Å². The molecule has 6 rings (SSSR count). The molecule has 0 radical (unpaired) electrons. The third kappa shape index (κ3) is 5.31. The molecule has 4 aliphatic rings. The minimum Gasteiger partial charge on any atom is -0.491 e. The molecule has 11 heteroatoms. The molecule has 1 spiro atoms. The number of amides is 3. The number of likely N-dealkylation sites (tertiary alicyclic amines) is 1. The summed E-state index contributed by atoms with van der Waals surface area (Å²) in [6, 6.07) is 7.52. The predicted molar refractivity (Wildman–Crippen MR) is 142 cm³/mol. The first-order valence-electron chi connectivity index (χ1n) is 14.3. The van der Waals surface area contributed by atoms with E-state index in [4.69, 9.17) is 4.74 Å². The second kappa shape index (κ2) is 10.7. The maximum atomic E-state index is 13.2. The lowest BCUT2D eigenvalue weighted by atomic mass is 9.77. The first-order chi connectivity index (χ1) is 19.6. The highest BCUT2D eigenvalue weighted by molar-refractivity contribution is 6.05. The fourth-order valence-corrected chi connectivity index (χ4v) is 6.68. The van der Waals surface area contributed by atoms with Gasteiger partial charge in [-0.1, -0.05) is 18.6 Å². The number of fused-ring (bicyclic) bond motifs is 3. The number of aryl methyl sites for hydroxylation is 1. The number of hydrogen-bond donors (Lipinski definition) is 1. The molecule has 2 saturated heterocycles. The van der Waals surface area contributed by atoms with Gasteiger partial charge in [-0.3, -0.25) is 19.7 Å². The lowest BCUT2D eigenvalue weighted by Gasteiger charge is -2.38. The molecule has 2 fully saturated rings. The van der Waals surface area contributed by atoms with E-state index in [1.54, 1.807) is 4.90 Å². The molecular weight excluding hydrogens is 537 g/mol. The summed E-state index contributed by atoms with van der Waals surface area (Å²) in [5.74, 6) is -0.380. The summed E-state index contributed by atoms with van der Waals surface area (Å²) in [6.45, 7) is 3.29. The number of pyridine rings is 1. The summed E-state index contributed by atoms with van der Waals surface area (Å²) < 4.78 is 45.4. The molecule has 1 unspecified atom stereocenters. The fourth-order valence-electron chi connectivity index (χ4n) is 6.68. The monoisotopic (exact) mass is 570 g/mol. The van der Waals surface area contributed by atoms with Crippen LogP contribution >= 0.6 is 0 Å². The van der Waals surface area contributed by atoms with E-state index in [2.05, 4.69) is 15.2 Å². The van der Waals surface area contributed by atoms with Gasteiger partial charge in [0, 0.05) is 18.5 Å². The quantitative estimate of drug-likeness (QED) is 0.400. The maximum absolute atomic E-state index is 13.2. The van der Waals surface area contributed by atoms with Crippen LogP contribution in [0.4, 0.5) is 13.2 Å². The number of hydrogen-bond acceptors (Lipinski definition) is 6. The number of carbonyl (C=O) groups is 3. The van der Waals surface area contributed by atoms with Crippen molar-refractivity contribution in [2.75, 3.05) is 26.2 Å². The molecule has 4 aliphatic heterocycles. The van der Waals surface area contributed by atoms with Crippen LogP contribution in [0.25, 0.3) is 0 Å². The van der Waals surface area contributed by atoms with E-state index in [1.807, 2.05) is 18.2 Å². The third-order valence-corrected chi connectivity index (χ3v) is 9.07. The Bertz CT molecular complexity index is 1370. The number of benzene rings is 1. The van der Waals surface area contributed by atoms with Gasteiger partial charge in [0.05, 0.1) is 17.7 Å². The predicted octanol–water partition coefficient (Wildman–Crippen LogP) is 4.00. The van der Waals surface area contributed by atoms with E-state index in [9.17, 15) is 27.6 Å². The molecule has 0 bridgehead atoms. The summed E-state index contributed by atoms with van der Waals surface area (Å²) in [6.07, 6.45) is 1.38. The van der Waals surface area contributed by atoms with Gasteiger partial charge in [-0.2, -0.15) is 13.2 Å². The number of imide groups is 1. The second-order valence-corrected chi connectivity index (χ2v) is 11.6. The molecule has 0 saturated carbocycles. The van der Waals surface area contributed by atoms with Gasteiger partial charge in [0.2, 0.25) is 11.8 Å². The Balaban J connectivity index is 0.978. The van der Waals surface area contributed by atoms with Crippen molar-refractivity contribution in [1.82, 2.24) is 20.1 Å². The SMILES string of the molecule is O=C1CCC(N2Cc3c(CCCCCN4CCC5(CC4)COc4ccc(C(F)(F)F)nc45)cccc3C2=O)C(=O)N1. The third-order valence-electron chi connectivity index (χ3n) is 9.07. The zero-order valence-electron chi connectivity index (χ0n) is 22.8. The molecule has 5 heterocycles. The van der Waals surface area contributed by atoms with Gasteiger partial charge in [0.15, 0.2) is 0 Å². The molecule has 1 aromatic heterocycles. The van der Waals surface area contributed by atoms with E-state index in [-0.39, 0.29) is 18.2 Å². The lowest BCUT2D eigenvalue weighted by Crippen LogP contribution is -2.52. The average molecular weight is 571 g/mol. The van der Waals surface area contributed by atoms with Crippen LogP contribution < -0.4 is 10.1 Å². The van der Waals surface area contributed by atoms with Crippen molar-refractivity contribution in [2.45, 2.75) is 75.5 Å². The Kier molecular flexibility index (Phi) is 7.25. The first kappa shape index (κ1) is 27.7. The Morgan fingerprint density at radius 2 is 1.85 bits per heavy atom. The number of ether oxygens (including phenoxy) is 1. The Hall–Kier alpha value is -3.47. The normalized spacial score (nSPS) is 22.1. The van der Waals surface area contributed by atoms with Crippen LogP contribution in [0, 0.1) is 0 Å². The number of nitrogens with zero attached hydrogens (tertiary/aromatic N) is 3. The van der Waals surface area contributed by atoms with Gasteiger partial charge in [0.25, 0.3) is 5.91 Å². The molecule has 3 amide bonds. The highest BCUT2D eigenvalue weighted by Gasteiger charge is 2.46. The van der Waals surface area contributed by atoms with E-state index in [0.717, 1.165) is 75.4 Å². The summed E-state index contributed by atoms with van der Waals surface area (Å²) in [5.41, 5.74) is 1.89. The van der Waals surface area contributed by atoms with Crippen molar-refractivity contribution in [3.05, 3.63) is 58.4 Å². The zero-order valence-corrected chi connectivity index (χ0v) is 22.8. The molecule has 41 heavy (non-hydrogen) atoms. The molecule has 1 atom stereocenters. The molecule has 0 aliphatic carbocycles. The first-order valence-corrected chi connectivity index (χ1v) is 14.3. The number of unbranched alkanes of at least 4 members (excludes halogenated alkanes) is 2. The van der Waals surface area contributed by atoms with Crippen molar-refractivity contribution < 1.29 is 32.3 Å². The number of nitrogens with one attached hydrogen (secondary N) is 1. The van der Waals surface area contributed by atoms with E-state index < -0.39 is 29.2 Å². The summed E-state index contributed by atoms with van der Waals surface area (Å²) in [4.78, 5) is 44.9. The van der Waals surface area contributed by atoms with Gasteiger partial charge >= 0.3 is 6.18 Å². The van der Waals surface area contributed by atoms with Gasteiger partial charge in [-0.05, 0) is 87.5 Å². The van der Waals surface area contributed by atoms with Crippen LogP contribution in [0.2, 0.25) is 0 Å². The summed E-state index contributed by atoms with van der Waals surface area (Å²) in [7, 11) is 0. The fraction of sp³-hybridized carbons (Fsp3) is 0.533. The average Bonchev–Trinajstić information content (AvgIpc) is 3.47. The molecule has 1 N–H and O–H groups in total. The zero-order chi connectivity index (χ0) is 28.8. The topological polar surface area (TPSA) is 91.8 Å². The summed E-state index contributed by atoms with van der Waals surface area (Å²) >= 11 is 0. The largest absolute Gasteiger partial charge is 0.491 e. The lowest BCUT2D eigenvalue weighted by molar-refractivity contribution is -0.141. The number of carbonyl (C=O) groups excluding carboxylic acids is 3. The molecular formula is C30H33F3N4O4. The van der Waals surface area contributed by atoms with Crippen molar-refractivity contribution in [3.8, 4) is 5.75 Å². The molecule has 218 valence electrons. The van der Waals surface area contributed by atoms with Crippen LogP contribution in [-0.2, 0) is 34.1 Å². The standard InChI is InChI=1S/C30H33F3N4O4/c31-30(32,33)24-10-9-23-26(34-24)29(18-41-23)12-15-36(16-13-29)14-3-1-2-5-19-6-4-7-20-21(19)17-37(28(20)40)22-8-11-25(38)35-27(22)39/h4,6-7,9-10,22H,1-3,5,8,11-18H2,(H,35,38,39). The van der Waals surface area contributed by atoms with Gasteiger partial charge < -0.3 is 14.5 Å². The number of alkyl halides is 3. The number of aromatic nitrogens is 1. The van der Waals surface area contributed by atoms with Crippen molar-refractivity contribution >= 4 is 17.7 Å². The minimum absolute atomic E-state index is 0.153. The highest BCUT2D eigenvalue weighted by atomic mass is 19.4. The van der Waals surface area contributed by atoms with Crippen LogP contribution in [0.5, 0.6) is 5.75 Å². The Morgan fingerprint density at radius 1 is 1.05 bits per heavy atom. The highest BCUT2D eigenvalue weighted by Crippen LogP contribution is 2.45. The maximum Gasteiger partial charge on any atom is 0.433 e. The van der Waals surface area contributed by atoms with Gasteiger partial charge in [-0.15, -0.1) is 0 Å².